The molecule has 6 heteroatoms. The number of hydrogen-bond donors (Lipinski definition) is 2. The number of aliphatic imine (C=N–C) groups is 1. The monoisotopic (exact) mass is 353 g/mol. The van der Waals surface area contributed by atoms with Crippen molar-refractivity contribution in [3.8, 4) is 0 Å². The molecule has 2 unspecified atom stereocenters. The molecule has 0 aromatic heterocycles. The first-order chi connectivity index (χ1) is 12.2. The molecule has 2 saturated heterocycles. The maximum atomic E-state index is 5.50. The standard InChI is InChI=1S/C19H39N5O/c1-5-23-9-7-6-8-17(23)14-21-19(20-4)22-15-18(16(2)3)24-10-12-25-13-11-24/h16-18H,5-15H2,1-4H3,(H2,20,21,22). The predicted octanol–water partition coefficient (Wildman–Crippen LogP) is 1.38. The largest absolute Gasteiger partial charge is 0.379 e. The second kappa shape index (κ2) is 11.0. The number of nitrogens with zero attached hydrogens (tertiary/aromatic N) is 3. The molecular weight excluding hydrogens is 314 g/mol. The Morgan fingerprint density at radius 3 is 2.56 bits per heavy atom. The highest BCUT2D eigenvalue weighted by atomic mass is 16.5. The van der Waals surface area contributed by atoms with Crippen LogP contribution in [0.1, 0.15) is 40.0 Å². The zero-order valence-corrected chi connectivity index (χ0v) is 16.8. The maximum absolute atomic E-state index is 5.50. The molecule has 0 aliphatic carbocycles. The number of nitrogens with one attached hydrogen (secondary N) is 2. The van der Waals surface area contributed by atoms with Crippen molar-refractivity contribution >= 4 is 5.96 Å². The molecule has 2 aliphatic heterocycles. The Hall–Kier alpha value is -0.850. The van der Waals surface area contributed by atoms with Gasteiger partial charge in [0.15, 0.2) is 5.96 Å². The summed E-state index contributed by atoms with van der Waals surface area (Å²) in [6.45, 7) is 14.9. The number of guanidine groups is 1. The van der Waals surface area contributed by atoms with Gasteiger partial charge in [-0.2, -0.15) is 0 Å². The molecule has 0 radical (unpaired) electrons. The van der Waals surface area contributed by atoms with Gasteiger partial charge in [-0.15, -0.1) is 0 Å². The third-order valence-corrected chi connectivity index (χ3v) is 5.65. The van der Waals surface area contributed by atoms with Gasteiger partial charge in [-0.25, -0.2) is 0 Å². The predicted molar refractivity (Wildman–Crippen MR) is 105 cm³/mol. The summed E-state index contributed by atoms with van der Waals surface area (Å²) < 4.78 is 5.50. The van der Waals surface area contributed by atoms with Crippen LogP contribution < -0.4 is 10.6 Å². The molecule has 2 heterocycles. The molecule has 2 N–H and O–H groups in total. The first kappa shape index (κ1) is 20.5. The summed E-state index contributed by atoms with van der Waals surface area (Å²) in [5.74, 6) is 1.54. The molecule has 0 spiro atoms. The van der Waals surface area contributed by atoms with Crippen LogP contribution in [-0.4, -0.2) is 87.4 Å². The summed E-state index contributed by atoms with van der Waals surface area (Å²) in [6.07, 6.45) is 3.98. The van der Waals surface area contributed by atoms with Crippen molar-refractivity contribution in [2.75, 3.05) is 59.5 Å². The number of likely N-dealkylation sites (tertiary alicyclic amines) is 1. The lowest BCUT2D eigenvalue weighted by atomic mass is 10.0. The van der Waals surface area contributed by atoms with Crippen molar-refractivity contribution in [2.45, 2.75) is 52.1 Å². The summed E-state index contributed by atoms with van der Waals surface area (Å²) >= 11 is 0. The van der Waals surface area contributed by atoms with E-state index < -0.39 is 0 Å². The second-order valence-corrected chi connectivity index (χ2v) is 7.57. The highest BCUT2D eigenvalue weighted by molar-refractivity contribution is 5.79. The van der Waals surface area contributed by atoms with Crippen molar-refractivity contribution in [2.24, 2.45) is 10.9 Å². The number of morpholine rings is 1. The number of hydrogen-bond acceptors (Lipinski definition) is 4. The van der Waals surface area contributed by atoms with Gasteiger partial charge in [0, 0.05) is 45.3 Å². The van der Waals surface area contributed by atoms with E-state index in [1.165, 1.54) is 25.8 Å². The van der Waals surface area contributed by atoms with Crippen LogP contribution in [0.4, 0.5) is 0 Å². The first-order valence-electron chi connectivity index (χ1n) is 10.2. The molecule has 0 bridgehead atoms. The Bertz CT molecular complexity index is 395. The zero-order chi connectivity index (χ0) is 18.1. The minimum atomic E-state index is 0.518. The van der Waals surface area contributed by atoms with Crippen LogP contribution in [0.2, 0.25) is 0 Å². The number of ether oxygens (including phenoxy) is 1. The van der Waals surface area contributed by atoms with Gasteiger partial charge in [0.25, 0.3) is 0 Å². The second-order valence-electron chi connectivity index (χ2n) is 7.57. The molecule has 6 nitrogen and oxygen atoms in total. The third kappa shape index (κ3) is 6.42. The Morgan fingerprint density at radius 1 is 1.16 bits per heavy atom. The van der Waals surface area contributed by atoms with Gasteiger partial charge < -0.3 is 15.4 Å². The fourth-order valence-electron chi connectivity index (χ4n) is 4.04. The Balaban J connectivity index is 1.79. The van der Waals surface area contributed by atoms with E-state index in [9.17, 15) is 0 Å². The number of rotatable bonds is 7. The van der Waals surface area contributed by atoms with Gasteiger partial charge in [-0.1, -0.05) is 27.2 Å². The molecule has 2 atom stereocenters. The Kier molecular flexibility index (Phi) is 8.99. The van der Waals surface area contributed by atoms with Crippen molar-refractivity contribution in [3.63, 3.8) is 0 Å². The van der Waals surface area contributed by atoms with E-state index in [4.69, 9.17) is 4.74 Å². The Morgan fingerprint density at radius 2 is 1.92 bits per heavy atom. The quantitative estimate of drug-likeness (QED) is 0.535. The molecule has 0 amide bonds. The van der Waals surface area contributed by atoms with E-state index in [0.717, 1.165) is 51.9 Å². The lowest BCUT2D eigenvalue weighted by molar-refractivity contribution is 0.00751. The van der Waals surface area contributed by atoms with Gasteiger partial charge in [-0.05, 0) is 31.8 Å². The van der Waals surface area contributed by atoms with E-state index in [-0.39, 0.29) is 0 Å². The summed E-state index contributed by atoms with van der Waals surface area (Å²) in [6, 6.07) is 1.15. The summed E-state index contributed by atoms with van der Waals surface area (Å²) in [7, 11) is 1.87. The number of piperidine rings is 1. The molecule has 0 aromatic carbocycles. The third-order valence-electron chi connectivity index (χ3n) is 5.65. The van der Waals surface area contributed by atoms with E-state index in [1.807, 2.05) is 7.05 Å². The minimum absolute atomic E-state index is 0.518. The van der Waals surface area contributed by atoms with Crippen molar-refractivity contribution in [1.29, 1.82) is 0 Å². The van der Waals surface area contributed by atoms with Crippen molar-refractivity contribution in [1.82, 2.24) is 20.4 Å². The van der Waals surface area contributed by atoms with E-state index in [2.05, 4.69) is 46.2 Å². The highest BCUT2D eigenvalue weighted by Gasteiger charge is 2.24. The lowest BCUT2D eigenvalue weighted by Gasteiger charge is -2.37. The molecule has 0 aromatic rings. The molecule has 2 aliphatic rings. The average Bonchev–Trinajstić information content (AvgIpc) is 2.65. The molecule has 25 heavy (non-hydrogen) atoms. The fraction of sp³-hybridized carbons (Fsp3) is 0.947. The van der Waals surface area contributed by atoms with E-state index >= 15 is 0 Å². The average molecular weight is 354 g/mol. The maximum Gasteiger partial charge on any atom is 0.191 e. The fourth-order valence-corrected chi connectivity index (χ4v) is 4.04. The van der Waals surface area contributed by atoms with Gasteiger partial charge in [0.2, 0.25) is 0 Å². The minimum Gasteiger partial charge on any atom is -0.379 e. The van der Waals surface area contributed by atoms with Gasteiger partial charge in [0.1, 0.15) is 0 Å². The first-order valence-corrected chi connectivity index (χ1v) is 10.2. The molecule has 0 saturated carbocycles. The molecule has 2 fully saturated rings. The van der Waals surface area contributed by atoms with E-state index in [1.54, 1.807) is 0 Å². The highest BCUT2D eigenvalue weighted by Crippen LogP contribution is 2.16. The van der Waals surface area contributed by atoms with E-state index in [0.29, 0.717) is 18.0 Å². The summed E-state index contributed by atoms with van der Waals surface area (Å²) in [5, 5.41) is 7.11. The molecular formula is C19H39N5O. The van der Waals surface area contributed by atoms with Crippen LogP contribution in [0.3, 0.4) is 0 Å². The summed E-state index contributed by atoms with van der Waals surface area (Å²) in [5.41, 5.74) is 0. The smallest absolute Gasteiger partial charge is 0.191 e. The summed E-state index contributed by atoms with van der Waals surface area (Å²) in [4.78, 5) is 9.57. The van der Waals surface area contributed by atoms with Gasteiger partial charge in [-0.3, -0.25) is 14.8 Å². The van der Waals surface area contributed by atoms with Crippen LogP contribution in [0.15, 0.2) is 4.99 Å². The SMILES string of the molecule is CCN1CCCCC1CNC(=NC)NCC(C(C)C)N1CCOCC1. The van der Waals surface area contributed by atoms with Crippen molar-refractivity contribution < 1.29 is 4.74 Å². The van der Waals surface area contributed by atoms with Crippen LogP contribution in [0.5, 0.6) is 0 Å². The lowest BCUT2D eigenvalue weighted by Crippen LogP contribution is -2.54. The zero-order valence-electron chi connectivity index (χ0n) is 16.8. The number of likely N-dealkylation sites (N-methyl/N-ethyl adjacent to an activating group) is 1. The normalized spacial score (nSPS) is 25.2. The molecule has 146 valence electrons. The van der Waals surface area contributed by atoms with Gasteiger partial charge in [0.05, 0.1) is 13.2 Å². The van der Waals surface area contributed by atoms with Crippen molar-refractivity contribution in [3.05, 3.63) is 0 Å². The topological polar surface area (TPSA) is 52.1 Å². The molecule has 2 rings (SSSR count). The van der Waals surface area contributed by atoms with Crippen LogP contribution in [-0.2, 0) is 4.74 Å². The van der Waals surface area contributed by atoms with Gasteiger partial charge >= 0.3 is 0 Å². The Labute approximate surface area is 154 Å². The van der Waals surface area contributed by atoms with Crippen LogP contribution in [0, 0.1) is 5.92 Å². The van der Waals surface area contributed by atoms with Crippen LogP contribution >= 0.6 is 0 Å². The van der Waals surface area contributed by atoms with Crippen LogP contribution in [0.25, 0.3) is 0 Å².